The van der Waals surface area contributed by atoms with Crippen molar-refractivity contribution in [3.63, 3.8) is 0 Å². The first-order valence-corrected chi connectivity index (χ1v) is 8.22. The van der Waals surface area contributed by atoms with Gasteiger partial charge in [0.1, 0.15) is 10.6 Å². The maximum absolute atomic E-state index is 12.4. The molecule has 0 saturated carbocycles. The Morgan fingerprint density at radius 1 is 1.10 bits per heavy atom. The van der Waals surface area contributed by atoms with E-state index in [1.54, 1.807) is 26.0 Å². The normalized spacial score (nSPS) is 11.4. The topological polar surface area (TPSA) is 66.4 Å². The van der Waals surface area contributed by atoms with E-state index in [1.807, 2.05) is 0 Å². The Morgan fingerprint density at radius 2 is 1.76 bits per heavy atom. The van der Waals surface area contributed by atoms with E-state index in [1.165, 1.54) is 18.2 Å². The molecule has 0 aromatic heterocycles. The minimum Gasteiger partial charge on any atom is -0.505 e. The molecule has 0 atom stereocenters. The van der Waals surface area contributed by atoms with Crippen molar-refractivity contribution < 1.29 is 13.5 Å². The molecule has 21 heavy (non-hydrogen) atoms. The zero-order valence-electron chi connectivity index (χ0n) is 11.3. The Bertz CT molecular complexity index is 804. The van der Waals surface area contributed by atoms with Gasteiger partial charge in [0.25, 0.3) is 10.0 Å². The number of phenols is 1. The first-order valence-electron chi connectivity index (χ1n) is 5.99. The van der Waals surface area contributed by atoms with Gasteiger partial charge in [-0.25, -0.2) is 8.42 Å². The summed E-state index contributed by atoms with van der Waals surface area (Å²) in [5.41, 5.74) is 1.49. The first-order chi connectivity index (χ1) is 9.70. The smallest absolute Gasteiger partial charge is 0.263 e. The van der Waals surface area contributed by atoms with Crippen LogP contribution in [-0.2, 0) is 10.0 Å². The van der Waals surface area contributed by atoms with Gasteiger partial charge in [0.15, 0.2) is 0 Å². The number of aromatic hydroxyl groups is 1. The highest BCUT2D eigenvalue weighted by atomic mass is 35.5. The SMILES string of the molecule is Cc1cc(C)c(O)c(NS(=O)(=O)c2cc(Cl)ccc2Cl)c1. The molecule has 0 aliphatic rings. The van der Waals surface area contributed by atoms with Crippen molar-refractivity contribution in [1.29, 1.82) is 0 Å². The summed E-state index contributed by atoms with van der Waals surface area (Å²) in [4.78, 5) is -0.143. The van der Waals surface area contributed by atoms with E-state index in [9.17, 15) is 13.5 Å². The molecule has 0 unspecified atom stereocenters. The average Bonchev–Trinajstić information content (AvgIpc) is 2.37. The van der Waals surface area contributed by atoms with E-state index in [2.05, 4.69) is 4.72 Å². The van der Waals surface area contributed by atoms with Crippen LogP contribution in [0.25, 0.3) is 0 Å². The Balaban J connectivity index is 2.50. The number of halogens is 2. The zero-order chi connectivity index (χ0) is 15.8. The van der Waals surface area contributed by atoms with E-state index in [0.717, 1.165) is 5.56 Å². The molecule has 0 radical (unpaired) electrons. The molecule has 0 aliphatic heterocycles. The monoisotopic (exact) mass is 345 g/mol. The number of benzene rings is 2. The number of hydrogen-bond donors (Lipinski definition) is 2. The lowest BCUT2D eigenvalue weighted by atomic mass is 10.1. The van der Waals surface area contributed by atoms with Gasteiger partial charge in [0, 0.05) is 5.02 Å². The number of phenolic OH excluding ortho intramolecular Hbond substituents is 1. The van der Waals surface area contributed by atoms with Crippen LogP contribution in [0.4, 0.5) is 5.69 Å². The maximum Gasteiger partial charge on any atom is 0.263 e. The Morgan fingerprint density at radius 3 is 2.43 bits per heavy atom. The lowest BCUT2D eigenvalue weighted by Gasteiger charge is -2.13. The van der Waals surface area contributed by atoms with Gasteiger partial charge in [0.05, 0.1) is 10.7 Å². The number of nitrogens with one attached hydrogen (secondary N) is 1. The molecule has 0 heterocycles. The quantitative estimate of drug-likeness (QED) is 0.822. The van der Waals surface area contributed by atoms with E-state index in [4.69, 9.17) is 23.2 Å². The Hall–Kier alpha value is -1.43. The summed E-state index contributed by atoms with van der Waals surface area (Å²) in [6.45, 7) is 3.49. The summed E-state index contributed by atoms with van der Waals surface area (Å²) < 4.78 is 27.1. The summed E-state index contributed by atoms with van der Waals surface area (Å²) in [6, 6.07) is 7.45. The molecule has 112 valence electrons. The number of sulfonamides is 1. The van der Waals surface area contributed by atoms with Gasteiger partial charge in [0.2, 0.25) is 0 Å². The van der Waals surface area contributed by atoms with Gasteiger partial charge in [-0.2, -0.15) is 0 Å². The standard InChI is InChI=1S/C14H13Cl2NO3S/c1-8-5-9(2)14(18)12(6-8)17-21(19,20)13-7-10(15)3-4-11(13)16/h3-7,17-18H,1-2H3. The van der Waals surface area contributed by atoms with Gasteiger partial charge in [-0.15, -0.1) is 0 Å². The minimum absolute atomic E-state index is 0.0516. The van der Waals surface area contributed by atoms with Crippen molar-refractivity contribution in [2.45, 2.75) is 18.7 Å². The third-order valence-electron chi connectivity index (χ3n) is 2.87. The predicted octanol–water partition coefficient (Wildman–Crippen LogP) is 4.12. The van der Waals surface area contributed by atoms with Crippen LogP contribution in [0.15, 0.2) is 35.2 Å². The van der Waals surface area contributed by atoms with Crippen LogP contribution < -0.4 is 4.72 Å². The molecule has 2 aromatic carbocycles. The van der Waals surface area contributed by atoms with Gasteiger partial charge in [-0.05, 0) is 49.2 Å². The summed E-state index contributed by atoms with van der Waals surface area (Å²) >= 11 is 11.7. The summed E-state index contributed by atoms with van der Waals surface area (Å²) in [5, 5.41) is 10.3. The lowest BCUT2D eigenvalue weighted by Crippen LogP contribution is -2.14. The third-order valence-corrected chi connectivity index (χ3v) is 4.95. The van der Waals surface area contributed by atoms with E-state index in [-0.39, 0.29) is 26.4 Å². The average molecular weight is 346 g/mol. The fourth-order valence-electron chi connectivity index (χ4n) is 1.92. The van der Waals surface area contributed by atoms with Crippen molar-refractivity contribution in [2.75, 3.05) is 4.72 Å². The Labute approximate surface area is 133 Å². The van der Waals surface area contributed by atoms with Crippen LogP contribution in [0.1, 0.15) is 11.1 Å². The second kappa shape index (κ2) is 5.75. The molecular formula is C14H13Cl2NO3S. The fraction of sp³-hybridized carbons (Fsp3) is 0.143. The van der Waals surface area contributed by atoms with Crippen molar-refractivity contribution in [3.05, 3.63) is 51.5 Å². The molecule has 2 rings (SSSR count). The van der Waals surface area contributed by atoms with Crippen molar-refractivity contribution >= 4 is 38.9 Å². The number of anilines is 1. The van der Waals surface area contributed by atoms with Crippen LogP contribution in [0, 0.1) is 13.8 Å². The van der Waals surface area contributed by atoms with Gasteiger partial charge in [-0.1, -0.05) is 29.3 Å². The van der Waals surface area contributed by atoms with Gasteiger partial charge < -0.3 is 5.11 Å². The molecule has 0 amide bonds. The van der Waals surface area contributed by atoms with E-state index >= 15 is 0 Å². The summed E-state index contributed by atoms with van der Waals surface area (Å²) in [7, 11) is -3.95. The molecule has 0 aliphatic carbocycles. The van der Waals surface area contributed by atoms with Gasteiger partial charge >= 0.3 is 0 Å². The molecule has 0 spiro atoms. The fourth-order valence-corrected chi connectivity index (χ4v) is 3.74. The molecule has 0 saturated heterocycles. The van der Waals surface area contributed by atoms with Crippen LogP contribution in [-0.4, -0.2) is 13.5 Å². The largest absolute Gasteiger partial charge is 0.505 e. The summed E-state index contributed by atoms with van der Waals surface area (Å²) in [6.07, 6.45) is 0. The van der Waals surface area contributed by atoms with Crippen LogP contribution >= 0.6 is 23.2 Å². The number of aryl methyl sites for hydroxylation is 2. The molecule has 4 nitrogen and oxygen atoms in total. The predicted molar refractivity (Wildman–Crippen MR) is 84.9 cm³/mol. The zero-order valence-corrected chi connectivity index (χ0v) is 13.6. The molecule has 0 fully saturated rings. The minimum atomic E-state index is -3.95. The van der Waals surface area contributed by atoms with Crippen LogP contribution in [0.3, 0.4) is 0 Å². The molecule has 2 aromatic rings. The second-order valence-corrected chi connectivity index (χ2v) is 7.15. The highest BCUT2D eigenvalue weighted by Gasteiger charge is 2.20. The first kappa shape index (κ1) is 15.9. The van der Waals surface area contributed by atoms with Crippen LogP contribution in [0.5, 0.6) is 5.75 Å². The molecule has 0 bridgehead atoms. The van der Waals surface area contributed by atoms with Crippen molar-refractivity contribution in [1.82, 2.24) is 0 Å². The molecular weight excluding hydrogens is 333 g/mol. The summed E-state index contributed by atoms with van der Waals surface area (Å²) in [5.74, 6) is -0.123. The van der Waals surface area contributed by atoms with Gasteiger partial charge in [-0.3, -0.25) is 4.72 Å². The highest BCUT2D eigenvalue weighted by molar-refractivity contribution is 7.92. The maximum atomic E-state index is 12.4. The highest BCUT2D eigenvalue weighted by Crippen LogP contribution is 2.32. The third kappa shape index (κ3) is 3.43. The molecule has 7 heteroatoms. The van der Waals surface area contributed by atoms with Crippen LogP contribution in [0.2, 0.25) is 10.0 Å². The number of rotatable bonds is 3. The van der Waals surface area contributed by atoms with E-state index in [0.29, 0.717) is 5.56 Å². The van der Waals surface area contributed by atoms with Crippen molar-refractivity contribution in [2.24, 2.45) is 0 Å². The number of hydrogen-bond acceptors (Lipinski definition) is 3. The Kier molecular flexibility index (Phi) is 4.37. The van der Waals surface area contributed by atoms with Crippen molar-refractivity contribution in [3.8, 4) is 5.75 Å². The van der Waals surface area contributed by atoms with E-state index < -0.39 is 10.0 Å². The molecule has 2 N–H and O–H groups in total. The lowest BCUT2D eigenvalue weighted by molar-refractivity contribution is 0.473. The second-order valence-electron chi connectivity index (χ2n) is 4.66.